The zero-order valence-electron chi connectivity index (χ0n) is 20.3. The highest BCUT2D eigenvalue weighted by molar-refractivity contribution is 5.79. The Hall–Kier alpha value is -3.23. The van der Waals surface area contributed by atoms with Crippen LogP contribution in [0.3, 0.4) is 0 Å². The summed E-state index contributed by atoms with van der Waals surface area (Å²) in [5.74, 6) is 0.856. The van der Waals surface area contributed by atoms with Gasteiger partial charge in [0, 0.05) is 35.9 Å². The zero-order valence-corrected chi connectivity index (χ0v) is 20.3. The number of benzene rings is 2. The molecule has 3 aliphatic rings. The van der Waals surface area contributed by atoms with Crippen molar-refractivity contribution in [1.82, 2.24) is 15.3 Å². The fourth-order valence-electron chi connectivity index (χ4n) is 5.54. The van der Waals surface area contributed by atoms with Crippen LogP contribution in [-0.4, -0.2) is 40.8 Å². The molecule has 1 saturated heterocycles. The SMILES string of the molecule is Nc1ncnc(-c2cc(F)cc(N3CCc4cc(C5CC5)ccc4C3)c2CO)c1OC[C@@H]1CCCN1. The highest BCUT2D eigenvalue weighted by Gasteiger charge is 2.27. The topological polar surface area (TPSA) is 96.5 Å². The molecule has 188 valence electrons. The number of aliphatic hydroxyl groups excluding tert-OH is 1. The molecule has 1 aliphatic carbocycles. The van der Waals surface area contributed by atoms with Crippen LogP contribution >= 0.6 is 0 Å². The van der Waals surface area contributed by atoms with Crippen molar-refractivity contribution < 1.29 is 14.2 Å². The first-order valence-corrected chi connectivity index (χ1v) is 12.9. The highest BCUT2D eigenvalue weighted by Crippen LogP contribution is 2.42. The molecule has 0 bridgehead atoms. The predicted molar refractivity (Wildman–Crippen MR) is 137 cm³/mol. The van der Waals surface area contributed by atoms with E-state index in [9.17, 15) is 5.11 Å². The molecule has 36 heavy (non-hydrogen) atoms. The normalized spacial score (nSPS) is 19.4. The summed E-state index contributed by atoms with van der Waals surface area (Å²) >= 11 is 0. The number of aromatic nitrogens is 2. The van der Waals surface area contributed by atoms with Gasteiger partial charge in [-0.1, -0.05) is 18.2 Å². The van der Waals surface area contributed by atoms with E-state index >= 15 is 4.39 Å². The molecule has 3 aromatic rings. The van der Waals surface area contributed by atoms with Crippen LogP contribution < -0.4 is 20.7 Å². The molecule has 1 atom stereocenters. The van der Waals surface area contributed by atoms with Gasteiger partial charge in [0.2, 0.25) is 0 Å². The number of nitrogens with two attached hydrogens (primary N) is 1. The molecule has 1 saturated carbocycles. The predicted octanol–water partition coefficient (Wildman–Crippen LogP) is 3.93. The van der Waals surface area contributed by atoms with E-state index in [0.717, 1.165) is 38.3 Å². The molecular formula is C28H32FN5O2. The van der Waals surface area contributed by atoms with Crippen LogP contribution in [0.25, 0.3) is 11.3 Å². The Morgan fingerprint density at radius 3 is 2.81 bits per heavy atom. The van der Waals surface area contributed by atoms with Gasteiger partial charge >= 0.3 is 0 Å². The Bertz CT molecular complexity index is 1270. The average Bonchev–Trinajstić information content (AvgIpc) is 3.62. The summed E-state index contributed by atoms with van der Waals surface area (Å²) in [6, 6.07) is 9.93. The first kappa shape index (κ1) is 23.2. The minimum Gasteiger partial charge on any atom is -0.486 e. The van der Waals surface area contributed by atoms with Gasteiger partial charge in [0.05, 0.1) is 6.61 Å². The molecule has 0 spiro atoms. The quantitative estimate of drug-likeness (QED) is 0.463. The van der Waals surface area contributed by atoms with Crippen LogP contribution in [-0.2, 0) is 19.6 Å². The molecule has 6 rings (SSSR count). The Morgan fingerprint density at radius 2 is 2.03 bits per heavy atom. The molecule has 2 aliphatic heterocycles. The van der Waals surface area contributed by atoms with E-state index < -0.39 is 5.82 Å². The Labute approximate surface area is 210 Å². The standard InChI is InChI=1S/C28H32FN5O2/c29-21-11-23(26-27(28(30)33-16-32-26)36-15-22-2-1-8-31-22)24(14-35)25(12-21)34-9-7-19-10-18(17-3-4-17)5-6-20(19)13-34/h5-6,10-12,16-17,22,31,35H,1-4,7-9,13-15H2,(H2,30,32,33)/t22-/m0/s1. The summed E-state index contributed by atoms with van der Waals surface area (Å²) in [5.41, 5.74) is 12.4. The van der Waals surface area contributed by atoms with E-state index in [2.05, 4.69) is 38.4 Å². The number of halogens is 1. The second-order valence-electron chi connectivity index (χ2n) is 10.1. The van der Waals surface area contributed by atoms with E-state index in [4.69, 9.17) is 10.5 Å². The Morgan fingerprint density at radius 1 is 1.14 bits per heavy atom. The summed E-state index contributed by atoms with van der Waals surface area (Å²) in [6.07, 6.45) is 6.93. The van der Waals surface area contributed by atoms with Gasteiger partial charge in [-0.05, 0) is 73.4 Å². The van der Waals surface area contributed by atoms with Crippen molar-refractivity contribution in [2.45, 2.75) is 57.2 Å². The molecule has 7 nitrogen and oxygen atoms in total. The molecule has 0 amide bonds. The number of anilines is 2. The third-order valence-corrected chi connectivity index (χ3v) is 7.66. The number of fused-ring (bicyclic) bond motifs is 1. The zero-order chi connectivity index (χ0) is 24.6. The van der Waals surface area contributed by atoms with Crippen LogP contribution in [0.4, 0.5) is 15.9 Å². The van der Waals surface area contributed by atoms with Gasteiger partial charge < -0.3 is 25.8 Å². The third-order valence-electron chi connectivity index (χ3n) is 7.66. The van der Waals surface area contributed by atoms with Crippen molar-refractivity contribution in [2.24, 2.45) is 0 Å². The van der Waals surface area contributed by atoms with Gasteiger partial charge in [0.25, 0.3) is 0 Å². The molecule has 4 N–H and O–H groups in total. The first-order chi connectivity index (χ1) is 17.6. The molecule has 8 heteroatoms. The van der Waals surface area contributed by atoms with Gasteiger partial charge in [-0.15, -0.1) is 0 Å². The van der Waals surface area contributed by atoms with Crippen molar-refractivity contribution in [3.05, 3.63) is 64.7 Å². The monoisotopic (exact) mass is 489 g/mol. The lowest BCUT2D eigenvalue weighted by Crippen LogP contribution is -2.31. The number of hydrogen-bond donors (Lipinski definition) is 3. The first-order valence-electron chi connectivity index (χ1n) is 12.9. The maximum atomic E-state index is 15.1. The van der Waals surface area contributed by atoms with Gasteiger partial charge in [-0.3, -0.25) is 0 Å². The summed E-state index contributed by atoms with van der Waals surface area (Å²) in [5, 5.41) is 13.9. The summed E-state index contributed by atoms with van der Waals surface area (Å²) in [6.45, 7) is 2.54. The summed E-state index contributed by atoms with van der Waals surface area (Å²) < 4.78 is 21.1. The van der Waals surface area contributed by atoms with Crippen molar-refractivity contribution >= 4 is 11.5 Å². The lowest BCUT2D eigenvalue weighted by molar-refractivity contribution is 0.276. The van der Waals surface area contributed by atoms with Gasteiger partial charge in [0.15, 0.2) is 11.6 Å². The van der Waals surface area contributed by atoms with E-state index in [-0.39, 0.29) is 18.5 Å². The van der Waals surface area contributed by atoms with Crippen LogP contribution in [0.2, 0.25) is 0 Å². The van der Waals surface area contributed by atoms with Crippen LogP contribution in [0, 0.1) is 5.82 Å². The number of ether oxygens (including phenoxy) is 1. The minimum atomic E-state index is -0.396. The van der Waals surface area contributed by atoms with Crippen LogP contribution in [0.5, 0.6) is 5.75 Å². The number of nitrogens with zero attached hydrogens (tertiary/aromatic N) is 3. The number of aliphatic hydroxyl groups is 1. The van der Waals surface area contributed by atoms with Crippen molar-refractivity contribution in [1.29, 1.82) is 0 Å². The van der Waals surface area contributed by atoms with Gasteiger partial charge in [-0.25, -0.2) is 14.4 Å². The fourth-order valence-corrected chi connectivity index (χ4v) is 5.54. The Kier molecular flexibility index (Phi) is 6.23. The van der Waals surface area contributed by atoms with Crippen LogP contribution in [0.1, 0.15) is 53.9 Å². The highest BCUT2D eigenvalue weighted by atomic mass is 19.1. The van der Waals surface area contributed by atoms with Crippen molar-refractivity contribution in [3.63, 3.8) is 0 Å². The van der Waals surface area contributed by atoms with Crippen molar-refractivity contribution in [3.8, 4) is 17.0 Å². The summed E-state index contributed by atoms with van der Waals surface area (Å²) in [4.78, 5) is 10.7. The Balaban J connectivity index is 1.34. The molecule has 3 heterocycles. The number of nitrogen functional groups attached to an aromatic ring is 1. The maximum absolute atomic E-state index is 15.1. The van der Waals surface area contributed by atoms with E-state index in [1.807, 2.05) is 0 Å². The lowest BCUT2D eigenvalue weighted by Gasteiger charge is -2.33. The smallest absolute Gasteiger partial charge is 0.187 e. The molecule has 1 aromatic heterocycles. The number of rotatable bonds is 7. The maximum Gasteiger partial charge on any atom is 0.187 e. The molecule has 0 radical (unpaired) electrons. The third kappa shape index (κ3) is 4.51. The van der Waals surface area contributed by atoms with Gasteiger partial charge in [-0.2, -0.15) is 0 Å². The molecule has 0 unspecified atom stereocenters. The van der Waals surface area contributed by atoms with E-state index in [1.54, 1.807) is 0 Å². The second-order valence-corrected chi connectivity index (χ2v) is 10.1. The average molecular weight is 490 g/mol. The van der Waals surface area contributed by atoms with Crippen molar-refractivity contribution in [2.75, 3.05) is 30.3 Å². The molecular weight excluding hydrogens is 457 g/mol. The van der Waals surface area contributed by atoms with Crippen LogP contribution in [0.15, 0.2) is 36.7 Å². The fraction of sp³-hybridized carbons (Fsp3) is 0.429. The van der Waals surface area contributed by atoms with E-state index in [1.165, 1.54) is 48.0 Å². The largest absolute Gasteiger partial charge is 0.486 e. The van der Waals surface area contributed by atoms with E-state index in [0.29, 0.717) is 41.4 Å². The molecule has 2 aromatic carbocycles. The minimum absolute atomic E-state index is 0.200. The lowest BCUT2D eigenvalue weighted by atomic mass is 9.94. The second kappa shape index (κ2) is 9.67. The number of hydrogen-bond acceptors (Lipinski definition) is 7. The summed E-state index contributed by atoms with van der Waals surface area (Å²) in [7, 11) is 0. The molecule has 2 fully saturated rings. The number of nitrogens with one attached hydrogen (secondary N) is 1. The van der Waals surface area contributed by atoms with Gasteiger partial charge in [0.1, 0.15) is 24.4 Å².